The van der Waals surface area contributed by atoms with Crippen LogP contribution in [0.3, 0.4) is 0 Å². The number of amides is 1. The number of fused-ring (bicyclic) bond motifs is 2. The van der Waals surface area contributed by atoms with Crippen LogP contribution in [0, 0.1) is 0 Å². The van der Waals surface area contributed by atoms with Crippen molar-refractivity contribution in [2.75, 3.05) is 5.32 Å². The Balaban J connectivity index is 1.58. The van der Waals surface area contributed by atoms with E-state index in [0.717, 1.165) is 4.68 Å². The molecule has 124 valence electrons. The Labute approximate surface area is 138 Å². The van der Waals surface area contributed by atoms with Crippen LogP contribution in [0.25, 0.3) is 22.0 Å². The lowest BCUT2D eigenvalue weighted by Gasteiger charge is -2.06. The number of carbonyl (C=O) groups is 1. The number of hydrogen-bond acceptors (Lipinski definition) is 6. The van der Waals surface area contributed by atoms with Crippen molar-refractivity contribution in [1.82, 2.24) is 20.0 Å². The summed E-state index contributed by atoms with van der Waals surface area (Å²) in [7, 11) is 0. The molecule has 4 aromatic rings. The largest absolute Gasteiger partial charge is 0.417 e. The van der Waals surface area contributed by atoms with E-state index in [-0.39, 0.29) is 6.54 Å². The van der Waals surface area contributed by atoms with Gasteiger partial charge in [-0.1, -0.05) is 17.3 Å². The molecule has 0 saturated heterocycles. The minimum absolute atomic E-state index is 0.281. The fraction of sp³-hybridized carbons (Fsp3) is 0.0625. The number of nitrogens with zero attached hydrogens (tertiary/aromatic N) is 3. The molecule has 0 atom stereocenters. The number of hydrogen-bond donors (Lipinski definition) is 2. The van der Waals surface area contributed by atoms with Crippen LogP contribution < -0.4 is 16.6 Å². The normalized spacial score (nSPS) is 11.0. The van der Waals surface area contributed by atoms with Crippen molar-refractivity contribution in [2.45, 2.75) is 6.54 Å². The second kappa shape index (κ2) is 5.71. The lowest BCUT2D eigenvalue weighted by atomic mass is 10.2. The third-order valence-electron chi connectivity index (χ3n) is 3.63. The van der Waals surface area contributed by atoms with Gasteiger partial charge in [-0.05, 0) is 30.3 Å². The van der Waals surface area contributed by atoms with E-state index < -0.39 is 17.2 Å². The van der Waals surface area contributed by atoms with E-state index in [1.165, 1.54) is 0 Å². The van der Waals surface area contributed by atoms with Crippen molar-refractivity contribution < 1.29 is 9.21 Å². The van der Waals surface area contributed by atoms with Gasteiger partial charge in [0.05, 0.1) is 10.9 Å². The van der Waals surface area contributed by atoms with Crippen LogP contribution in [0.15, 0.2) is 56.5 Å². The maximum atomic E-state index is 12.3. The van der Waals surface area contributed by atoms with E-state index in [1.807, 2.05) is 0 Å². The van der Waals surface area contributed by atoms with Crippen molar-refractivity contribution in [3.63, 3.8) is 0 Å². The van der Waals surface area contributed by atoms with Crippen LogP contribution in [0.1, 0.15) is 0 Å². The Kier molecular flexibility index (Phi) is 3.38. The standard InChI is InChI=1S/C16H11N5O4/c22-14(17-9-5-6-13-12(7-9)18-16(24)25-13)8-21-15(23)10-3-1-2-4-11(10)19-20-21/h1-7H,8H2,(H,17,22)(H,18,24). The number of H-pyrrole nitrogens is 1. The molecule has 0 spiro atoms. The first-order valence-corrected chi connectivity index (χ1v) is 7.35. The van der Waals surface area contributed by atoms with Gasteiger partial charge in [0.1, 0.15) is 12.1 Å². The molecule has 2 aromatic heterocycles. The molecule has 0 aliphatic rings. The van der Waals surface area contributed by atoms with Gasteiger partial charge in [-0.15, -0.1) is 5.10 Å². The maximum absolute atomic E-state index is 12.3. The number of aromatic amines is 1. The SMILES string of the molecule is O=C(Cn1nnc2ccccc2c1=O)Nc1ccc2oc(=O)[nH]c2c1. The Morgan fingerprint density at radius 3 is 2.92 bits per heavy atom. The van der Waals surface area contributed by atoms with Gasteiger partial charge in [0, 0.05) is 5.69 Å². The van der Waals surface area contributed by atoms with Crippen LogP contribution in [0.2, 0.25) is 0 Å². The molecular formula is C16H11N5O4. The summed E-state index contributed by atoms with van der Waals surface area (Å²) in [5.74, 6) is -1.02. The van der Waals surface area contributed by atoms with Gasteiger partial charge < -0.3 is 9.73 Å². The molecule has 0 aliphatic carbocycles. The van der Waals surface area contributed by atoms with Gasteiger partial charge in [0.2, 0.25) is 5.91 Å². The summed E-state index contributed by atoms with van der Waals surface area (Å²) in [6, 6.07) is 11.5. The van der Waals surface area contributed by atoms with E-state index in [4.69, 9.17) is 4.42 Å². The molecule has 2 heterocycles. The summed E-state index contributed by atoms with van der Waals surface area (Å²) in [6.45, 7) is -0.281. The van der Waals surface area contributed by atoms with Gasteiger partial charge in [-0.2, -0.15) is 0 Å². The molecule has 4 rings (SSSR count). The molecule has 0 bridgehead atoms. The molecule has 0 fully saturated rings. The van der Waals surface area contributed by atoms with Crippen LogP contribution in [-0.2, 0) is 11.3 Å². The van der Waals surface area contributed by atoms with Gasteiger partial charge in [0.15, 0.2) is 5.58 Å². The molecule has 0 aliphatic heterocycles. The molecule has 2 N–H and O–H groups in total. The molecule has 0 unspecified atom stereocenters. The zero-order valence-corrected chi connectivity index (χ0v) is 12.7. The highest BCUT2D eigenvalue weighted by atomic mass is 16.4. The van der Waals surface area contributed by atoms with E-state index in [2.05, 4.69) is 20.6 Å². The Bertz CT molecular complexity index is 1220. The van der Waals surface area contributed by atoms with Crippen molar-refractivity contribution in [1.29, 1.82) is 0 Å². The zero-order chi connectivity index (χ0) is 17.4. The first kappa shape index (κ1) is 14.8. The van der Waals surface area contributed by atoms with E-state index >= 15 is 0 Å². The maximum Gasteiger partial charge on any atom is 0.417 e. The van der Waals surface area contributed by atoms with Gasteiger partial charge >= 0.3 is 5.76 Å². The molecule has 0 radical (unpaired) electrons. The minimum atomic E-state index is -0.573. The number of anilines is 1. The lowest BCUT2D eigenvalue weighted by molar-refractivity contribution is -0.117. The number of aromatic nitrogens is 4. The monoisotopic (exact) mass is 337 g/mol. The van der Waals surface area contributed by atoms with Gasteiger partial charge in [-0.3, -0.25) is 14.6 Å². The van der Waals surface area contributed by atoms with Crippen LogP contribution in [0.5, 0.6) is 0 Å². The average molecular weight is 337 g/mol. The minimum Gasteiger partial charge on any atom is -0.408 e. The summed E-state index contributed by atoms with van der Waals surface area (Å²) in [4.78, 5) is 38.1. The third kappa shape index (κ3) is 2.78. The Morgan fingerprint density at radius 2 is 2.04 bits per heavy atom. The lowest BCUT2D eigenvalue weighted by Crippen LogP contribution is -2.30. The van der Waals surface area contributed by atoms with Crippen molar-refractivity contribution >= 4 is 33.6 Å². The van der Waals surface area contributed by atoms with Gasteiger partial charge in [0.25, 0.3) is 5.56 Å². The summed E-state index contributed by atoms with van der Waals surface area (Å²) < 4.78 is 5.89. The second-order valence-electron chi connectivity index (χ2n) is 5.34. The Hall–Kier alpha value is -3.75. The molecule has 2 aromatic carbocycles. The van der Waals surface area contributed by atoms with Crippen molar-refractivity contribution in [3.05, 3.63) is 63.4 Å². The number of rotatable bonds is 3. The highest BCUT2D eigenvalue weighted by Crippen LogP contribution is 2.16. The number of carbonyl (C=O) groups excluding carboxylic acids is 1. The first-order valence-electron chi connectivity index (χ1n) is 7.35. The quantitative estimate of drug-likeness (QED) is 0.572. The highest BCUT2D eigenvalue weighted by molar-refractivity contribution is 5.92. The van der Waals surface area contributed by atoms with E-state index in [0.29, 0.717) is 27.7 Å². The molecular weight excluding hydrogens is 326 g/mol. The summed E-state index contributed by atoms with van der Waals surface area (Å²) >= 11 is 0. The highest BCUT2D eigenvalue weighted by Gasteiger charge is 2.10. The fourth-order valence-electron chi connectivity index (χ4n) is 2.49. The number of benzene rings is 2. The summed E-state index contributed by atoms with van der Waals surface area (Å²) in [5, 5.41) is 10.7. The van der Waals surface area contributed by atoms with Crippen molar-refractivity contribution in [2.24, 2.45) is 0 Å². The van der Waals surface area contributed by atoms with Crippen LogP contribution >= 0.6 is 0 Å². The molecule has 25 heavy (non-hydrogen) atoms. The average Bonchev–Trinajstić information content (AvgIpc) is 2.97. The number of oxazole rings is 1. The van der Waals surface area contributed by atoms with Gasteiger partial charge in [-0.25, -0.2) is 9.48 Å². The smallest absolute Gasteiger partial charge is 0.408 e. The molecule has 9 heteroatoms. The first-order chi connectivity index (χ1) is 12.1. The van der Waals surface area contributed by atoms with E-state index in [9.17, 15) is 14.4 Å². The molecule has 9 nitrogen and oxygen atoms in total. The summed E-state index contributed by atoms with van der Waals surface area (Å²) in [6.07, 6.45) is 0. The summed E-state index contributed by atoms with van der Waals surface area (Å²) in [5.41, 5.74) is 1.38. The zero-order valence-electron chi connectivity index (χ0n) is 12.7. The van der Waals surface area contributed by atoms with Crippen LogP contribution in [-0.4, -0.2) is 25.9 Å². The predicted molar refractivity (Wildman–Crippen MR) is 89.3 cm³/mol. The molecule has 1 amide bonds. The predicted octanol–water partition coefficient (Wildman–Crippen LogP) is 0.865. The third-order valence-corrected chi connectivity index (χ3v) is 3.63. The van der Waals surface area contributed by atoms with Crippen LogP contribution in [0.4, 0.5) is 5.69 Å². The molecule has 0 saturated carbocycles. The van der Waals surface area contributed by atoms with E-state index in [1.54, 1.807) is 42.5 Å². The second-order valence-corrected chi connectivity index (χ2v) is 5.34. The van der Waals surface area contributed by atoms with Crippen molar-refractivity contribution in [3.8, 4) is 0 Å². The topological polar surface area (TPSA) is 123 Å². The number of nitrogens with one attached hydrogen (secondary N) is 2. The fourth-order valence-corrected chi connectivity index (χ4v) is 2.49. The Morgan fingerprint density at radius 1 is 1.20 bits per heavy atom.